The number of hydrogen-bond donors (Lipinski definition) is 0. The molecular weight excluding hydrogens is 432 g/mol. The summed E-state index contributed by atoms with van der Waals surface area (Å²) < 4.78 is 8.84. The Bertz CT molecular complexity index is 1130. The van der Waals surface area contributed by atoms with Crippen molar-refractivity contribution in [1.82, 2.24) is 14.5 Å². The fraction of sp³-hybridized carbons (Fsp3) is 0.261. The van der Waals surface area contributed by atoms with Crippen LogP contribution in [-0.2, 0) is 11.3 Å². The van der Waals surface area contributed by atoms with Crippen LogP contribution in [0.3, 0.4) is 0 Å². The first-order chi connectivity index (χ1) is 14.6. The fourth-order valence-electron chi connectivity index (χ4n) is 3.38. The van der Waals surface area contributed by atoms with Crippen molar-refractivity contribution in [3.05, 3.63) is 72.3 Å². The molecule has 0 unspecified atom stereocenters. The van der Waals surface area contributed by atoms with Gasteiger partial charge in [0.2, 0.25) is 0 Å². The monoisotopic (exact) mass is 456 g/mol. The molecule has 0 fully saturated rings. The van der Waals surface area contributed by atoms with Gasteiger partial charge in [-0.2, -0.15) is 0 Å². The molecule has 31 heavy (non-hydrogen) atoms. The number of anilines is 1. The van der Waals surface area contributed by atoms with E-state index in [0.717, 1.165) is 23.2 Å². The largest absolute Gasteiger partial charge is 0.484 e. The van der Waals surface area contributed by atoms with Crippen LogP contribution >= 0.6 is 23.7 Å². The van der Waals surface area contributed by atoms with Crippen LogP contribution in [-0.4, -0.2) is 33.6 Å². The Kier molecular flexibility index (Phi) is 7.65. The number of amides is 1. The molecule has 2 heterocycles. The quantitative estimate of drug-likeness (QED) is 0.373. The first-order valence-electron chi connectivity index (χ1n) is 9.92. The van der Waals surface area contributed by atoms with Crippen molar-refractivity contribution in [2.45, 2.75) is 26.8 Å². The van der Waals surface area contributed by atoms with Gasteiger partial charge in [0.05, 0.1) is 16.5 Å². The van der Waals surface area contributed by atoms with Gasteiger partial charge in [-0.05, 0) is 49.6 Å². The van der Waals surface area contributed by atoms with Crippen molar-refractivity contribution in [3.63, 3.8) is 0 Å². The number of carbonyl (C=O) groups is 1. The highest BCUT2D eigenvalue weighted by molar-refractivity contribution is 7.22. The molecule has 0 N–H and O–H groups in total. The summed E-state index contributed by atoms with van der Waals surface area (Å²) in [6.45, 7) is 5.47. The zero-order valence-corrected chi connectivity index (χ0v) is 19.2. The van der Waals surface area contributed by atoms with Crippen molar-refractivity contribution in [2.75, 3.05) is 18.1 Å². The molecule has 4 rings (SSSR count). The number of nitrogens with zero attached hydrogens (tertiary/aromatic N) is 4. The van der Waals surface area contributed by atoms with Crippen LogP contribution in [0, 0.1) is 13.8 Å². The molecule has 4 aromatic rings. The lowest BCUT2D eigenvalue weighted by molar-refractivity contribution is -0.120. The molecule has 0 bridgehead atoms. The van der Waals surface area contributed by atoms with E-state index in [1.54, 1.807) is 28.8 Å². The number of aromatic nitrogens is 3. The first kappa shape index (κ1) is 22.8. The number of thiazole rings is 1. The molecule has 0 spiro atoms. The van der Waals surface area contributed by atoms with Gasteiger partial charge in [-0.25, -0.2) is 9.97 Å². The Labute approximate surface area is 191 Å². The van der Waals surface area contributed by atoms with E-state index in [4.69, 9.17) is 9.72 Å². The number of ether oxygens (including phenoxy) is 1. The molecule has 2 aromatic heterocycles. The maximum atomic E-state index is 13.1. The standard InChI is InChI=1S/C23H24N4O2S.ClH/c1-17-13-18(2)22-20(14-17)25-23(30-22)27(11-6-10-26-12-9-24-16-26)21(28)15-29-19-7-4-3-5-8-19;/h3-5,7-9,12-14,16H,6,10-11,15H2,1-2H3;1H. The molecule has 1 amide bonds. The molecule has 6 nitrogen and oxygen atoms in total. The van der Waals surface area contributed by atoms with Gasteiger partial charge in [0, 0.05) is 25.5 Å². The minimum atomic E-state index is -0.0992. The third-order valence-electron chi connectivity index (χ3n) is 4.80. The number of carbonyl (C=O) groups excluding carboxylic acids is 1. The Morgan fingerprint density at radius 2 is 2.00 bits per heavy atom. The summed E-state index contributed by atoms with van der Waals surface area (Å²) >= 11 is 1.56. The highest BCUT2D eigenvalue weighted by atomic mass is 35.5. The molecular formula is C23H25ClN4O2S. The highest BCUT2D eigenvalue weighted by Gasteiger charge is 2.21. The second kappa shape index (κ2) is 10.4. The molecule has 162 valence electrons. The molecule has 0 aliphatic rings. The predicted molar refractivity (Wildman–Crippen MR) is 127 cm³/mol. The van der Waals surface area contributed by atoms with E-state index in [2.05, 4.69) is 31.0 Å². The Morgan fingerprint density at radius 3 is 2.74 bits per heavy atom. The van der Waals surface area contributed by atoms with Crippen molar-refractivity contribution in [3.8, 4) is 5.75 Å². The Morgan fingerprint density at radius 1 is 1.19 bits per heavy atom. The number of para-hydroxylation sites is 1. The molecule has 8 heteroatoms. The second-order valence-corrected chi connectivity index (χ2v) is 8.21. The zero-order chi connectivity index (χ0) is 20.9. The van der Waals surface area contributed by atoms with Gasteiger partial charge in [0.25, 0.3) is 5.91 Å². The van der Waals surface area contributed by atoms with Gasteiger partial charge in [-0.15, -0.1) is 12.4 Å². The summed E-state index contributed by atoms with van der Waals surface area (Å²) in [7, 11) is 0. The molecule has 0 radical (unpaired) electrons. The molecule has 0 atom stereocenters. The van der Waals surface area contributed by atoms with Gasteiger partial charge in [0.15, 0.2) is 11.7 Å². The van der Waals surface area contributed by atoms with E-state index in [9.17, 15) is 4.79 Å². The van der Waals surface area contributed by atoms with Crippen LogP contribution in [0.15, 0.2) is 61.2 Å². The van der Waals surface area contributed by atoms with Gasteiger partial charge in [-0.1, -0.05) is 35.6 Å². The summed E-state index contributed by atoms with van der Waals surface area (Å²) in [5, 5.41) is 0.714. The highest BCUT2D eigenvalue weighted by Crippen LogP contribution is 2.32. The second-order valence-electron chi connectivity index (χ2n) is 7.23. The Balaban J connectivity index is 0.00000272. The number of benzene rings is 2. The smallest absolute Gasteiger partial charge is 0.266 e. The third kappa shape index (κ3) is 5.62. The lowest BCUT2D eigenvalue weighted by Gasteiger charge is -2.20. The number of hydrogen-bond acceptors (Lipinski definition) is 5. The van der Waals surface area contributed by atoms with Crippen LogP contribution < -0.4 is 9.64 Å². The van der Waals surface area contributed by atoms with Gasteiger partial charge in [0.1, 0.15) is 5.75 Å². The molecule has 0 aliphatic heterocycles. The van der Waals surface area contributed by atoms with E-state index in [1.165, 1.54) is 11.1 Å². The van der Waals surface area contributed by atoms with Gasteiger partial charge >= 0.3 is 0 Å². The summed E-state index contributed by atoms with van der Waals surface area (Å²) in [5.41, 5.74) is 3.28. The lowest BCUT2D eigenvalue weighted by Crippen LogP contribution is -2.36. The van der Waals surface area contributed by atoms with E-state index in [1.807, 2.05) is 41.1 Å². The Hall–Kier alpha value is -2.90. The topological polar surface area (TPSA) is 60.2 Å². The summed E-state index contributed by atoms with van der Waals surface area (Å²) in [4.78, 5) is 23.7. The molecule has 0 aliphatic carbocycles. The van der Waals surface area contributed by atoms with Crippen LogP contribution in [0.5, 0.6) is 5.75 Å². The van der Waals surface area contributed by atoms with Crippen molar-refractivity contribution in [2.24, 2.45) is 0 Å². The molecule has 0 saturated carbocycles. The number of rotatable bonds is 8. The predicted octanol–water partition coefficient (Wildman–Crippen LogP) is 5.03. The van der Waals surface area contributed by atoms with Crippen LogP contribution in [0.4, 0.5) is 5.13 Å². The first-order valence-corrected chi connectivity index (χ1v) is 10.7. The number of halogens is 1. The van der Waals surface area contributed by atoms with E-state index < -0.39 is 0 Å². The SMILES string of the molecule is Cc1cc(C)c2sc(N(CCCn3ccnc3)C(=O)COc3ccccc3)nc2c1.Cl. The lowest BCUT2D eigenvalue weighted by atomic mass is 10.1. The van der Waals surface area contributed by atoms with Gasteiger partial charge in [-0.3, -0.25) is 9.69 Å². The van der Waals surface area contributed by atoms with E-state index in [-0.39, 0.29) is 24.9 Å². The molecule has 0 saturated heterocycles. The minimum absolute atomic E-state index is 0. The normalized spacial score (nSPS) is 10.6. The molecule has 2 aromatic carbocycles. The average Bonchev–Trinajstić information content (AvgIpc) is 3.40. The zero-order valence-electron chi connectivity index (χ0n) is 17.5. The number of imidazole rings is 1. The maximum absolute atomic E-state index is 13.1. The van der Waals surface area contributed by atoms with Crippen LogP contribution in [0.25, 0.3) is 10.2 Å². The van der Waals surface area contributed by atoms with Gasteiger partial charge < -0.3 is 9.30 Å². The summed E-state index contributed by atoms with van der Waals surface area (Å²) in [5.74, 6) is 0.581. The summed E-state index contributed by atoms with van der Waals surface area (Å²) in [6, 6.07) is 13.6. The third-order valence-corrected chi connectivity index (χ3v) is 6.03. The summed E-state index contributed by atoms with van der Waals surface area (Å²) in [6.07, 6.45) is 6.26. The van der Waals surface area contributed by atoms with Crippen molar-refractivity contribution < 1.29 is 9.53 Å². The van der Waals surface area contributed by atoms with E-state index >= 15 is 0 Å². The maximum Gasteiger partial charge on any atom is 0.266 e. The van der Waals surface area contributed by atoms with Crippen molar-refractivity contribution >= 4 is 45.0 Å². The average molecular weight is 457 g/mol. The van der Waals surface area contributed by atoms with E-state index in [0.29, 0.717) is 17.4 Å². The minimum Gasteiger partial charge on any atom is -0.484 e. The van der Waals surface area contributed by atoms with Crippen LogP contribution in [0.2, 0.25) is 0 Å². The van der Waals surface area contributed by atoms with Crippen LogP contribution in [0.1, 0.15) is 17.5 Å². The fourth-order valence-corrected chi connectivity index (χ4v) is 4.44. The number of fused-ring (bicyclic) bond motifs is 1. The van der Waals surface area contributed by atoms with Crippen molar-refractivity contribution in [1.29, 1.82) is 0 Å². The number of aryl methyl sites for hydroxylation is 3.